The number of hydrogen-bond acceptors (Lipinski definition) is 3. The summed E-state index contributed by atoms with van der Waals surface area (Å²) in [5, 5.41) is 6.65. The number of carbonyl (C=O) groups is 1. The molecule has 1 aromatic heterocycles. The predicted molar refractivity (Wildman–Crippen MR) is 82.0 cm³/mol. The fraction of sp³-hybridized carbons (Fsp3) is 0.250. The topological polar surface area (TPSA) is 54.0 Å². The molecule has 0 saturated heterocycles. The number of benzene rings is 1. The maximum atomic E-state index is 13.8. The lowest BCUT2D eigenvalue weighted by Gasteiger charge is -2.14. The molecule has 0 bridgehead atoms. The molecule has 1 aromatic carbocycles. The fourth-order valence-corrected chi connectivity index (χ4v) is 2.18. The summed E-state index contributed by atoms with van der Waals surface area (Å²) in [6.07, 6.45) is 5.14. The van der Waals surface area contributed by atoms with E-state index in [2.05, 4.69) is 15.6 Å². The fourth-order valence-electron chi connectivity index (χ4n) is 2.18. The van der Waals surface area contributed by atoms with E-state index in [9.17, 15) is 9.18 Å². The molecule has 5 heteroatoms. The van der Waals surface area contributed by atoms with E-state index in [1.165, 1.54) is 6.07 Å². The minimum atomic E-state index is -0.326. The van der Waals surface area contributed by atoms with E-state index in [-0.39, 0.29) is 5.82 Å². The van der Waals surface area contributed by atoms with E-state index >= 15 is 0 Å². The van der Waals surface area contributed by atoms with E-state index in [1.54, 1.807) is 18.3 Å². The maximum absolute atomic E-state index is 13.8. The highest BCUT2D eigenvalue weighted by Crippen LogP contribution is 2.24. The van der Waals surface area contributed by atoms with Crippen molar-refractivity contribution >= 4 is 23.0 Å². The van der Waals surface area contributed by atoms with Crippen LogP contribution < -0.4 is 10.6 Å². The molecule has 0 aliphatic carbocycles. The first-order chi connectivity index (χ1) is 10.3. The lowest BCUT2D eigenvalue weighted by atomic mass is 10.0. The molecule has 0 unspecified atom stereocenters. The van der Waals surface area contributed by atoms with E-state index in [0.717, 1.165) is 23.1 Å². The monoisotopic (exact) mass is 287 g/mol. The first-order valence-corrected chi connectivity index (χ1v) is 6.92. The molecule has 21 heavy (non-hydrogen) atoms. The molecule has 1 amide bonds. The first kappa shape index (κ1) is 15.0. The summed E-state index contributed by atoms with van der Waals surface area (Å²) < 4.78 is 13.8. The molecule has 0 atom stereocenters. The first-order valence-electron chi connectivity index (χ1n) is 6.92. The summed E-state index contributed by atoms with van der Waals surface area (Å²) in [4.78, 5) is 14.4. The van der Waals surface area contributed by atoms with Crippen LogP contribution in [0.25, 0.3) is 16.6 Å². The van der Waals surface area contributed by atoms with Crippen molar-refractivity contribution in [3.63, 3.8) is 0 Å². The van der Waals surface area contributed by atoms with Crippen molar-refractivity contribution in [1.29, 1.82) is 0 Å². The van der Waals surface area contributed by atoms with Gasteiger partial charge in [0.1, 0.15) is 11.3 Å². The van der Waals surface area contributed by atoms with Gasteiger partial charge >= 0.3 is 0 Å². The molecule has 0 aliphatic rings. The summed E-state index contributed by atoms with van der Waals surface area (Å²) >= 11 is 0. The Kier molecular flexibility index (Phi) is 5.26. The van der Waals surface area contributed by atoms with Gasteiger partial charge in [0.2, 0.25) is 6.41 Å². The lowest BCUT2D eigenvalue weighted by Crippen LogP contribution is -2.25. The van der Waals surface area contributed by atoms with Gasteiger partial charge in [-0.05, 0) is 24.6 Å². The van der Waals surface area contributed by atoms with Crippen LogP contribution in [-0.4, -0.2) is 24.5 Å². The predicted octanol–water partition coefficient (Wildman–Crippen LogP) is 2.46. The van der Waals surface area contributed by atoms with Crippen LogP contribution in [0.3, 0.4) is 0 Å². The quantitative estimate of drug-likeness (QED) is 0.607. The van der Waals surface area contributed by atoms with Gasteiger partial charge in [-0.1, -0.05) is 19.1 Å². The van der Waals surface area contributed by atoms with Crippen molar-refractivity contribution in [2.24, 2.45) is 0 Å². The molecule has 0 radical (unpaired) electrons. The number of allylic oxidation sites excluding steroid dienone is 1. The summed E-state index contributed by atoms with van der Waals surface area (Å²) in [7, 11) is 0. The number of carbonyl (C=O) groups excluding carboxylic acids is 1. The Balaban J connectivity index is 2.34. The van der Waals surface area contributed by atoms with Crippen LogP contribution in [0.5, 0.6) is 0 Å². The van der Waals surface area contributed by atoms with Gasteiger partial charge in [0.15, 0.2) is 0 Å². The molecule has 0 spiro atoms. The molecule has 2 aromatic rings. The molecule has 1 heterocycles. The Labute approximate surface area is 123 Å². The molecule has 0 aliphatic heterocycles. The van der Waals surface area contributed by atoms with Gasteiger partial charge in [0.25, 0.3) is 0 Å². The second-order valence-electron chi connectivity index (χ2n) is 4.52. The Morgan fingerprint density at radius 2 is 2.19 bits per heavy atom. The highest BCUT2D eigenvalue weighted by atomic mass is 19.1. The summed E-state index contributed by atoms with van der Waals surface area (Å²) in [5.74, 6) is -0.326. The summed E-state index contributed by atoms with van der Waals surface area (Å²) in [6.45, 7) is 3.17. The van der Waals surface area contributed by atoms with E-state index < -0.39 is 0 Å². The standard InChI is InChI=1S/C16H18FN3O/c1-2-4-15(19-10-9-18-11-21)12-6-7-14(17)16-13(12)5-3-8-20-16/h3-8,11,19H,2,9-10H2,1H3,(H,18,21)/b15-4+. The van der Waals surface area contributed by atoms with Crippen LogP contribution >= 0.6 is 0 Å². The number of pyridine rings is 1. The third-order valence-corrected chi connectivity index (χ3v) is 3.09. The van der Waals surface area contributed by atoms with Gasteiger partial charge in [0.05, 0.1) is 0 Å². The normalized spacial score (nSPS) is 11.4. The van der Waals surface area contributed by atoms with Crippen LogP contribution in [0.15, 0.2) is 36.5 Å². The van der Waals surface area contributed by atoms with Gasteiger partial charge in [-0.15, -0.1) is 0 Å². The third kappa shape index (κ3) is 3.56. The molecule has 4 nitrogen and oxygen atoms in total. The number of amides is 1. The van der Waals surface area contributed by atoms with Gasteiger partial charge < -0.3 is 10.6 Å². The molecule has 0 saturated carbocycles. The van der Waals surface area contributed by atoms with Gasteiger partial charge in [-0.2, -0.15) is 0 Å². The van der Waals surface area contributed by atoms with Gasteiger partial charge in [-0.3, -0.25) is 9.78 Å². The van der Waals surface area contributed by atoms with Crippen LogP contribution in [0.2, 0.25) is 0 Å². The highest BCUT2D eigenvalue weighted by Gasteiger charge is 2.09. The third-order valence-electron chi connectivity index (χ3n) is 3.09. The minimum Gasteiger partial charge on any atom is -0.383 e. The van der Waals surface area contributed by atoms with Crippen molar-refractivity contribution in [3.05, 3.63) is 47.9 Å². The zero-order valence-corrected chi connectivity index (χ0v) is 11.9. The number of rotatable bonds is 7. The number of hydrogen-bond donors (Lipinski definition) is 2. The summed E-state index contributed by atoms with van der Waals surface area (Å²) in [5.41, 5.74) is 2.19. The number of aromatic nitrogens is 1. The second kappa shape index (κ2) is 7.38. The van der Waals surface area contributed by atoms with Crippen molar-refractivity contribution in [3.8, 4) is 0 Å². The maximum Gasteiger partial charge on any atom is 0.207 e. The largest absolute Gasteiger partial charge is 0.383 e. The Morgan fingerprint density at radius 1 is 1.33 bits per heavy atom. The Morgan fingerprint density at radius 3 is 2.95 bits per heavy atom. The zero-order valence-electron chi connectivity index (χ0n) is 11.9. The summed E-state index contributed by atoms with van der Waals surface area (Å²) in [6, 6.07) is 6.83. The molecule has 0 fully saturated rings. The van der Waals surface area contributed by atoms with Crippen LogP contribution in [-0.2, 0) is 4.79 Å². The second-order valence-corrected chi connectivity index (χ2v) is 4.52. The number of nitrogens with one attached hydrogen (secondary N) is 2. The van der Waals surface area contributed by atoms with E-state index in [4.69, 9.17) is 0 Å². The smallest absolute Gasteiger partial charge is 0.207 e. The highest BCUT2D eigenvalue weighted by molar-refractivity contribution is 5.91. The number of nitrogens with zero attached hydrogens (tertiary/aromatic N) is 1. The minimum absolute atomic E-state index is 0.326. The molecule has 2 N–H and O–H groups in total. The van der Waals surface area contributed by atoms with Gasteiger partial charge in [-0.25, -0.2) is 4.39 Å². The van der Waals surface area contributed by atoms with Crippen molar-refractivity contribution < 1.29 is 9.18 Å². The Bertz CT molecular complexity index is 655. The average molecular weight is 287 g/mol. The van der Waals surface area contributed by atoms with Crippen molar-refractivity contribution in [1.82, 2.24) is 15.6 Å². The molecule has 110 valence electrons. The number of halogens is 1. The molecular weight excluding hydrogens is 269 g/mol. The van der Waals surface area contributed by atoms with E-state index in [0.29, 0.717) is 25.0 Å². The van der Waals surface area contributed by atoms with Crippen molar-refractivity contribution in [2.75, 3.05) is 13.1 Å². The van der Waals surface area contributed by atoms with Gasteiger partial charge in [0, 0.05) is 35.9 Å². The SMILES string of the molecule is CC/C=C(/NCCNC=O)c1ccc(F)c2ncccc12. The van der Waals surface area contributed by atoms with Crippen molar-refractivity contribution in [2.45, 2.75) is 13.3 Å². The van der Waals surface area contributed by atoms with Crippen LogP contribution in [0.1, 0.15) is 18.9 Å². The number of fused-ring (bicyclic) bond motifs is 1. The lowest BCUT2D eigenvalue weighted by molar-refractivity contribution is -0.109. The van der Waals surface area contributed by atoms with Crippen LogP contribution in [0.4, 0.5) is 4.39 Å². The zero-order chi connectivity index (χ0) is 15.1. The van der Waals surface area contributed by atoms with Crippen LogP contribution in [0, 0.1) is 5.82 Å². The van der Waals surface area contributed by atoms with E-state index in [1.807, 2.05) is 19.1 Å². The Hall–Kier alpha value is -2.43. The average Bonchev–Trinajstić information content (AvgIpc) is 2.51. The molecule has 2 rings (SSSR count). The molecular formula is C16H18FN3O.